The lowest BCUT2D eigenvalue weighted by Gasteiger charge is -2.01. The van der Waals surface area contributed by atoms with Crippen LogP contribution in [-0.2, 0) is 0 Å². The second kappa shape index (κ2) is 2.60. The Balaban J connectivity index is 2.44. The highest BCUT2D eigenvalue weighted by atomic mass is 14.7. The Labute approximate surface area is 71.9 Å². The molecule has 0 saturated heterocycles. The highest BCUT2D eigenvalue weighted by Gasteiger charge is 2.26. The third kappa shape index (κ3) is 1.18. The van der Waals surface area contributed by atoms with Crippen molar-refractivity contribution in [3.05, 3.63) is 29.1 Å². The zero-order valence-corrected chi connectivity index (χ0v) is 7.04. The second-order valence-electron chi connectivity index (χ2n) is 3.28. The van der Waals surface area contributed by atoms with E-state index in [0.717, 1.165) is 5.69 Å². The van der Waals surface area contributed by atoms with Crippen LogP contribution < -0.4 is 0 Å². The highest BCUT2D eigenvalue weighted by Crippen LogP contribution is 2.40. The minimum atomic E-state index is 0.544. The van der Waals surface area contributed by atoms with Crippen molar-refractivity contribution < 1.29 is 0 Å². The molecule has 0 spiro atoms. The van der Waals surface area contributed by atoms with Gasteiger partial charge in [-0.15, -0.1) is 0 Å². The number of rotatable bonds is 1. The summed E-state index contributed by atoms with van der Waals surface area (Å²) in [4.78, 5) is 4.29. The summed E-state index contributed by atoms with van der Waals surface area (Å²) < 4.78 is 0. The molecule has 2 heteroatoms. The summed E-state index contributed by atoms with van der Waals surface area (Å²) in [6, 6.07) is 5.83. The molecular weight excluding hydrogens is 148 g/mol. The first-order valence-corrected chi connectivity index (χ1v) is 4.19. The van der Waals surface area contributed by atoms with Gasteiger partial charge in [0.15, 0.2) is 0 Å². The first-order valence-electron chi connectivity index (χ1n) is 4.19. The molecule has 0 bridgehead atoms. The van der Waals surface area contributed by atoms with Crippen LogP contribution in [0.3, 0.4) is 0 Å². The minimum Gasteiger partial charge on any atom is -0.242 e. The first kappa shape index (κ1) is 7.30. The SMILES string of the molecule is Cc1ccc(C#N)nc1C1CC1. The molecule has 60 valence electrons. The summed E-state index contributed by atoms with van der Waals surface area (Å²) >= 11 is 0. The van der Waals surface area contributed by atoms with E-state index in [1.807, 2.05) is 6.07 Å². The van der Waals surface area contributed by atoms with Crippen LogP contribution in [-0.4, -0.2) is 4.98 Å². The molecule has 1 aromatic heterocycles. The molecule has 1 aliphatic rings. The van der Waals surface area contributed by atoms with E-state index in [4.69, 9.17) is 5.26 Å². The summed E-state index contributed by atoms with van der Waals surface area (Å²) in [5, 5.41) is 8.64. The van der Waals surface area contributed by atoms with Crippen LogP contribution in [0.1, 0.15) is 35.7 Å². The molecule has 0 radical (unpaired) electrons. The van der Waals surface area contributed by atoms with Crippen LogP contribution in [0.5, 0.6) is 0 Å². The monoisotopic (exact) mass is 158 g/mol. The lowest BCUT2D eigenvalue weighted by Crippen LogP contribution is -1.93. The molecule has 0 N–H and O–H groups in total. The maximum Gasteiger partial charge on any atom is 0.140 e. The average Bonchev–Trinajstić information content (AvgIpc) is 2.88. The van der Waals surface area contributed by atoms with Crippen LogP contribution in [0.2, 0.25) is 0 Å². The van der Waals surface area contributed by atoms with Gasteiger partial charge in [0.1, 0.15) is 11.8 Å². The van der Waals surface area contributed by atoms with Gasteiger partial charge in [0.25, 0.3) is 0 Å². The van der Waals surface area contributed by atoms with E-state index < -0.39 is 0 Å². The predicted octanol–water partition coefficient (Wildman–Crippen LogP) is 2.14. The van der Waals surface area contributed by atoms with Crippen molar-refractivity contribution in [3.63, 3.8) is 0 Å². The number of aryl methyl sites for hydroxylation is 1. The van der Waals surface area contributed by atoms with Crippen molar-refractivity contribution in [3.8, 4) is 6.07 Å². The summed E-state index contributed by atoms with van der Waals surface area (Å²) in [7, 11) is 0. The van der Waals surface area contributed by atoms with Crippen molar-refractivity contribution >= 4 is 0 Å². The van der Waals surface area contributed by atoms with Gasteiger partial charge in [-0.05, 0) is 31.4 Å². The largest absolute Gasteiger partial charge is 0.242 e. The van der Waals surface area contributed by atoms with Crippen molar-refractivity contribution in [1.82, 2.24) is 4.98 Å². The Morgan fingerprint density at radius 3 is 2.83 bits per heavy atom. The third-order valence-corrected chi connectivity index (χ3v) is 2.21. The molecule has 0 amide bonds. The zero-order chi connectivity index (χ0) is 8.55. The molecule has 0 unspecified atom stereocenters. The fourth-order valence-electron chi connectivity index (χ4n) is 1.38. The van der Waals surface area contributed by atoms with Crippen molar-refractivity contribution in [2.24, 2.45) is 0 Å². The number of nitriles is 1. The van der Waals surface area contributed by atoms with Gasteiger partial charge in [-0.1, -0.05) is 6.07 Å². The number of pyridine rings is 1. The topological polar surface area (TPSA) is 36.7 Å². The van der Waals surface area contributed by atoms with Crippen LogP contribution in [0.4, 0.5) is 0 Å². The molecule has 0 aliphatic heterocycles. The summed E-state index contributed by atoms with van der Waals surface area (Å²) in [6.07, 6.45) is 2.48. The van der Waals surface area contributed by atoms with Crippen LogP contribution >= 0.6 is 0 Å². The molecule has 1 aliphatic carbocycles. The van der Waals surface area contributed by atoms with Crippen molar-refractivity contribution in [2.45, 2.75) is 25.7 Å². The molecule has 0 aromatic carbocycles. The fraction of sp³-hybridized carbons (Fsp3) is 0.400. The number of hydrogen-bond acceptors (Lipinski definition) is 2. The first-order chi connectivity index (χ1) is 5.81. The van der Waals surface area contributed by atoms with Gasteiger partial charge >= 0.3 is 0 Å². The van der Waals surface area contributed by atoms with Crippen LogP contribution in [0, 0.1) is 18.3 Å². The molecule has 1 saturated carbocycles. The second-order valence-corrected chi connectivity index (χ2v) is 3.28. The summed E-state index contributed by atoms with van der Waals surface area (Å²) in [5.74, 6) is 0.637. The van der Waals surface area contributed by atoms with E-state index in [9.17, 15) is 0 Å². The lowest BCUT2D eigenvalue weighted by atomic mass is 10.1. The van der Waals surface area contributed by atoms with Crippen molar-refractivity contribution in [2.75, 3.05) is 0 Å². The number of nitrogens with zero attached hydrogens (tertiary/aromatic N) is 2. The van der Waals surface area contributed by atoms with Crippen LogP contribution in [0.15, 0.2) is 12.1 Å². The Kier molecular flexibility index (Phi) is 1.58. The van der Waals surface area contributed by atoms with Crippen molar-refractivity contribution in [1.29, 1.82) is 5.26 Å². The van der Waals surface area contributed by atoms with E-state index in [-0.39, 0.29) is 0 Å². The average molecular weight is 158 g/mol. The highest BCUT2D eigenvalue weighted by molar-refractivity contribution is 5.31. The molecule has 12 heavy (non-hydrogen) atoms. The number of hydrogen-bond donors (Lipinski definition) is 0. The maximum absolute atomic E-state index is 8.64. The third-order valence-electron chi connectivity index (χ3n) is 2.21. The van der Waals surface area contributed by atoms with Crippen LogP contribution in [0.25, 0.3) is 0 Å². The van der Waals surface area contributed by atoms with Gasteiger partial charge in [0.2, 0.25) is 0 Å². The predicted molar refractivity (Wildman–Crippen MR) is 45.7 cm³/mol. The summed E-state index contributed by atoms with van der Waals surface area (Å²) in [5.41, 5.74) is 2.90. The van der Waals surface area contributed by atoms with Gasteiger partial charge < -0.3 is 0 Å². The summed E-state index contributed by atoms with van der Waals surface area (Å²) in [6.45, 7) is 2.06. The Morgan fingerprint density at radius 1 is 1.50 bits per heavy atom. The standard InChI is InChI=1S/C10H10N2/c1-7-2-5-9(6-11)12-10(7)8-3-4-8/h2,5,8H,3-4H2,1H3. The van der Waals surface area contributed by atoms with Gasteiger partial charge in [-0.25, -0.2) is 4.98 Å². The molecule has 1 heterocycles. The van der Waals surface area contributed by atoms with E-state index in [1.54, 1.807) is 6.07 Å². The molecule has 0 atom stereocenters. The van der Waals surface area contributed by atoms with E-state index >= 15 is 0 Å². The van der Waals surface area contributed by atoms with Gasteiger partial charge in [-0.2, -0.15) is 5.26 Å². The molecule has 1 aromatic rings. The van der Waals surface area contributed by atoms with Gasteiger partial charge in [0.05, 0.1) is 0 Å². The quantitative estimate of drug-likeness (QED) is 0.627. The lowest BCUT2D eigenvalue weighted by molar-refractivity contribution is 0.985. The van der Waals surface area contributed by atoms with E-state index in [0.29, 0.717) is 11.6 Å². The van der Waals surface area contributed by atoms with E-state index in [2.05, 4.69) is 18.0 Å². The van der Waals surface area contributed by atoms with Gasteiger partial charge in [-0.3, -0.25) is 0 Å². The number of aromatic nitrogens is 1. The fourth-order valence-corrected chi connectivity index (χ4v) is 1.38. The maximum atomic E-state index is 8.64. The minimum absolute atomic E-state index is 0.544. The molecular formula is C10H10N2. The van der Waals surface area contributed by atoms with E-state index in [1.165, 1.54) is 18.4 Å². The Hall–Kier alpha value is -1.36. The zero-order valence-electron chi connectivity index (χ0n) is 7.04. The molecule has 2 nitrogen and oxygen atoms in total. The Morgan fingerprint density at radius 2 is 2.25 bits per heavy atom. The molecule has 1 fully saturated rings. The molecule has 2 rings (SSSR count). The Bertz CT molecular complexity index is 345. The normalized spacial score (nSPS) is 15.7. The van der Waals surface area contributed by atoms with Gasteiger partial charge in [0, 0.05) is 11.6 Å². The smallest absolute Gasteiger partial charge is 0.140 e.